The first-order chi connectivity index (χ1) is 8.62. The molecule has 1 aromatic carbocycles. The Kier molecular flexibility index (Phi) is 2.67. The Labute approximate surface area is 107 Å². The Balaban J connectivity index is 1.96. The van der Waals surface area contributed by atoms with Crippen LogP contribution in [0.4, 0.5) is 5.69 Å². The molecule has 1 aliphatic carbocycles. The number of carbonyl (C=O) groups excluding carboxylic acids is 1. The fourth-order valence-corrected chi connectivity index (χ4v) is 3.35. The van der Waals surface area contributed by atoms with Gasteiger partial charge in [-0.2, -0.15) is 0 Å². The van der Waals surface area contributed by atoms with Crippen LogP contribution in [0.25, 0.3) is 0 Å². The maximum atomic E-state index is 12.2. The van der Waals surface area contributed by atoms with Crippen LogP contribution in [0.5, 0.6) is 0 Å². The predicted molar refractivity (Wildman–Crippen MR) is 70.1 cm³/mol. The summed E-state index contributed by atoms with van der Waals surface area (Å²) >= 11 is 0. The number of hydrogen-bond acceptors (Lipinski definition) is 2. The molecule has 1 amide bonds. The zero-order valence-electron chi connectivity index (χ0n) is 10.6. The monoisotopic (exact) mass is 245 g/mol. The van der Waals surface area contributed by atoms with Crippen molar-refractivity contribution in [2.45, 2.75) is 38.2 Å². The molecule has 3 heteroatoms. The molecule has 1 aliphatic heterocycles. The number of fused-ring (bicyclic) bond motifs is 1. The van der Waals surface area contributed by atoms with E-state index in [-0.39, 0.29) is 11.8 Å². The largest absolute Gasteiger partial charge is 0.375 e. The molecular weight excluding hydrogens is 226 g/mol. The molecule has 0 spiro atoms. The summed E-state index contributed by atoms with van der Waals surface area (Å²) in [4.78, 5) is 12.2. The van der Waals surface area contributed by atoms with Gasteiger partial charge in [0, 0.05) is 17.2 Å². The minimum atomic E-state index is -1.31. The topological polar surface area (TPSA) is 49.3 Å². The summed E-state index contributed by atoms with van der Waals surface area (Å²) in [5.41, 5.74) is 0.217. The maximum Gasteiger partial charge on any atom is 0.261 e. The molecule has 1 fully saturated rings. The van der Waals surface area contributed by atoms with Crippen molar-refractivity contribution < 1.29 is 9.90 Å². The Morgan fingerprint density at radius 1 is 1.22 bits per heavy atom. The fourth-order valence-electron chi connectivity index (χ4n) is 3.35. The number of carbonyl (C=O) groups is 1. The molecule has 1 heterocycles. The number of aliphatic hydroxyl groups is 1. The number of hydrogen-bond donors (Lipinski definition) is 2. The Morgan fingerprint density at radius 2 is 1.89 bits per heavy atom. The molecule has 0 saturated heterocycles. The quantitative estimate of drug-likeness (QED) is 0.799. The number of amides is 1. The summed E-state index contributed by atoms with van der Waals surface area (Å²) < 4.78 is 0. The molecule has 18 heavy (non-hydrogen) atoms. The molecule has 1 unspecified atom stereocenters. The van der Waals surface area contributed by atoms with Crippen molar-refractivity contribution in [1.82, 2.24) is 0 Å². The number of rotatable bonds is 1. The van der Waals surface area contributed by atoms with E-state index in [0.29, 0.717) is 5.92 Å². The van der Waals surface area contributed by atoms with Crippen LogP contribution < -0.4 is 5.32 Å². The Bertz CT molecular complexity index is 477. The second-order valence-electron chi connectivity index (χ2n) is 5.72. The van der Waals surface area contributed by atoms with Crippen molar-refractivity contribution in [2.24, 2.45) is 11.8 Å². The number of benzene rings is 1. The molecule has 3 nitrogen and oxygen atoms in total. The van der Waals surface area contributed by atoms with Crippen molar-refractivity contribution in [3.05, 3.63) is 29.8 Å². The SMILES string of the molecule is CC1CCC(C2(O)C(=O)Nc3ccccc32)CC1. The van der Waals surface area contributed by atoms with E-state index in [1.807, 2.05) is 24.3 Å². The number of para-hydroxylation sites is 1. The van der Waals surface area contributed by atoms with E-state index in [1.165, 1.54) is 0 Å². The fraction of sp³-hybridized carbons (Fsp3) is 0.533. The van der Waals surface area contributed by atoms with E-state index in [4.69, 9.17) is 0 Å². The second kappa shape index (κ2) is 4.09. The molecule has 2 aliphatic rings. The number of nitrogens with one attached hydrogen (secondary N) is 1. The highest BCUT2D eigenvalue weighted by Gasteiger charge is 2.51. The van der Waals surface area contributed by atoms with Crippen LogP contribution in [-0.2, 0) is 10.4 Å². The standard InChI is InChI=1S/C15H19NO2/c1-10-6-8-11(9-7-10)15(18)12-4-2-3-5-13(12)16-14(15)17/h2-5,10-11,18H,6-9H2,1H3,(H,16,17). The van der Waals surface area contributed by atoms with Crippen LogP contribution in [-0.4, -0.2) is 11.0 Å². The Morgan fingerprint density at radius 3 is 2.61 bits per heavy atom. The van der Waals surface area contributed by atoms with E-state index < -0.39 is 5.60 Å². The number of anilines is 1. The average Bonchev–Trinajstić information content (AvgIpc) is 2.64. The van der Waals surface area contributed by atoms with Crippen LogP contribution in [0.1, 0.15) is 38.2 Å². The minimum Gasteiger partial charge on any atom is -0.375 e. The molecule has 2 N–H and O–H groups in total. The van der Waals surface area contributed by atoms with Gasteiger partial charge in [-0.15, -0.1) is 0 Å². The van der Waals surface area contributed by atoms with Crippen LogP contribution in [0.3, 0.4) is 0 Å². The maximum absolute atomic E-state index is 12.2. The summed E-state index contributed by atoms with van der Waals surface area (Å²) in [5, 5.41) is 13.7. The zero-order valence-corrected chi connectivity index (χ0v) is 10.6. The van der Waals surface area contributed by atoms with E-state index in [9.17, 15) is 9.90 Å². The van der Waals surface area contributed by atoms with Gasteiger partial charge in [-0.25, -0.2) is 0 Å². The first-order valence-electron chi connectivity index (χ1n) is 6.75. The van der Waals surface area contributed by atoms with E-state index >= 15 is 0 Å². The lowest BCUT2D eigenvalue weighted by molar-refractivity contribution is -0.141. The van der Waals surface area contributed by atoms with Crippen molar-refractivity contribution in [2.75, 3.05) is 5.32 Å². The lowest BCUT2D eigenvalue weighted by atomic mass is 9.71. The Hall–Kier alpha value is -1.35. The van der Waals surface area contributed by atoms with Gasteiger partial charge in [0.1, 0.15) is 0 Å². The highest BCUT2D eigenvalue weighted by atomic mass is 16.3. The van der Waals surface area contributed by atoms with Gasteiger partial charge in [0.25, 0.3) is 5.91 Å². The lowest BCUT2D eigenvalue weighted by Gasteiger charge is -2.35. The third kappa shape index (κ3) is 1.57. The normalized spacial score (nSPS) is 35.1. The summed E-state index contributed by atoms with van der Waals surface area (Å²) in [6.07, 6.45) is 4.06. The highest BCUT2D eigenvalue weighted by Crippen LogP contribution is 2.46. The zero-order chi connectivity index (χ0) is 12.8. The van der Waals surface area contributed by atoms with Crippen molar-refractivity contribution >= 4 is 11.6 Å². The molecule has 0 aromatic heterocycles. The second-order valence-corrected chi connectivity index (χ2v) is 5.72. The van der Waals surface area contributed by atoms with E-state index in [2.05, 4.69) is 12.2 Å². The minimum absolute atomic E-state index is 0.0531. The molecule has 1 aromatic rings. The van der Waals surface area contributed by atoms with Gasteiger partial charge in [-0.1, -0.05) is 38.0 Å². The van der Waals surface area contributed by atoms with Crippen LogP contribution in [0, 0.1) is 11.8 Å². The smallest absolute Gasteiger partial charge is 0.261 e. The van der Waals surface area contributed by atoms with Gasteiger partial charge in [0.15, 0.2) is 5.60 Å². The summed E-state index contributed by atoms with van der Waals surface area (Å²) in [6.45, 7) is 2.24. The molecule has 1 atom stereocenters. The van der Waals surface area contributed by atoms with Gasteiger partial charge in [-0.05, 0) is 24.8 Å². The average molecular weight is 245 g/mol. The summed E-state index contributed by atoms with van der Waals surface area (Å²) in [6, 6.07) is 7.49. The van der Waals surface area contributed by atoms with E-state index in [0.717, 1.165) is 36.9 Å². The first-order valence-corrected chi connectivity index (χ1v) is 6.75. The highest BCUT2D eigenvalue weighted by molar-refractivity contribution is 6.05. The van der Waals surface area contributed by atoms with Crippen LogP contribution in [0.2, 0.25) is 0 Å². The van der Waals surface area contributed by atoms with Gasteiger partial charge in [-0.3, -0.25) is 4.79 Å². The van der Waals surface area contributed by atoms with Gasteiger partial charge in [0.05, 0.1) is 0 Å². The lowest BCUT2D eigenvalue weighted by Crippen LogP contribution is -2.43. The van der Waals surface area contributed by atoms with Crippen molar-refractivity contribution in [3.63, 3.8) is 0 Å². The van der Waals surface area contributed by atoms with Gasteiger partial charge in [0.2, 0.25) is 0 Å². The van der Waals surface area contributed by atoms with Crippen molar-refractivity contribution in [3.8, 4) is 0 Å². The van der Waals surface area contributed by atoms with Crippen LogP contribution >= 0.6 is 0 Å². The molecule has 3 rings (SSSR count). The summed E-state index contributed by atoms with van der Waals surface area (Å²) in [5.74, 6) is 0.519. The van der Waals surface area contributed by atoms with Crippen LogP contribution in [0.15, 0.2) is 24.3 Å². The van der Waals surface area contributed by atoms with Gasteiger partial charge < -0.3 is 10.4 Å². The third-order valence-electron chi connectivity index (χ3n) is 4.54. The predicted octanol–water partition coefficient (Wildman–Crippen LogP) is 2.65. The van der Waals surface area contributed by atoms with E-state index in [1.54, 1.807) is 0 Å². The molecule has 1 saturated carbocycles. The summed E-state index contributed by atoms with van der Waals surface area (Å²) in [7, 11) is 0. The molecule has 96 valence electrons. The molecule has 0 radical (unpaired) electrons. The third-order valence-corrected chi connectivity index (χ3v) is 4.54. The molecule has 0 bridgehead atoms. The molecular formula is C15H19NO2. The van der Waals surface area contributed by atoms with Gasteiger partial charge >= 0.3 is 0 Å². The van der Waals surface area contributed by atoms with Crippen molar-refractivity contribution in [1.29, 1.82) is 0 Å². The first kappa shape index (κ1) is 11.7.